The SMILES string of the molecule is IN1C[C@H]2CNC[C@H]2C1. The summed E-state index contributed by atoms with van der Waals surface area (Å²) in [5, 5.41) is 3.41. The first kappa shape index (κ1) is 6.37. The quantitative estimate of drug-likeness (QED) is 0.488. The molecule has 52 valence electrons. The molecule has 2 atom stereocenters. The van der Waals surface area contributed by atoms with Crippen LogP contribution in [0.1, 0.15) is 0 Å². The van der Waals surface area contributed by atoms with Crippen molar-refractivity contribution >= 4 is 22.9 Å². The van der Waals surface area contributed by atoms with Crippen LogP contribution in [0.4, 0.5) is 0 Å². The first-order chi connectivity index (χ1) is 4.36. The Morgan fingerprint density at radius 1 is 1.22 bits per heavy atom. The summed E-state index contributed by atoms with van der Waals surface area (Å²) in [5.74, 6) is 1.92. The van der Waals surface area contributed by atoms with E-state index in [0.717, 1.165) is 11.8 Å². The van der Waals surface area contributed by atoms with Gasteiger partial charge in [-0.1, -0.05) is 0 Å². The van der Waals surface area contributed by atoms with Gasteiger partial charge in [0.2, 0.25) is 0 Å². The highest BCUT2D eigenvalue weighted by Gasteiger charge is 2.34. The topological polar surface area (TPSA) is 15.3 Å². The van der Waals surface area contributed by atoms with Gasteiger partial charge in [0, 0.05) is 36.0 Å². The first-order valence-corrected chi connectivity index (χ1v) is 4.44. The summed E-state index contributed by atoms with van der Waals surface area (Å²) in [6.07, 6.45) is 0. The van der Waals surface area contributed by atoms with Crippen LogP contribution in [0, 0.1) is 11.8 Å². The summed E-state index contributed by atoms with van der Waals surface area (Å²) >= 11 is 2.43. The Balaban J connectivity index is 2.02. The molecular weight excluding hydrogens is 227 g/mol. The van der Waals surface area contributed by atoms with Crippen molar-refractivity contribution in [3.63, 3.8) is 0 Å². The summed E-state index contributed by atoms with van der Waals surface area (Å²) in [6.45, 7) is 5.12. The Hall–Kier alpha value is 0.650. The number of hydrogen-bond donors (Lipinski definition) is 1. The number of rotatable bonds is 0. The van der Waals surface area contributed by atoms with Gasteiger partial charge >= 0.3 is 0 Å². The normalized spacial score (nSPS) is 43.7. The van der Waals surface area contributed by atoms with Gasteiger partial charge in [0.05, 0.1) is 0 Å². The van der Waals surface area contributed by atoms with Crippen molar-refractivity contribution in [2.24, 2.45) is 11.8 Å². The van der Waals surface area contributed by atoms with E-state index in [2.05, 4.69) is 31.3 Å². The van der Waals surface area contributed by atoms with Crippen molar-refractivity contribution in [1.29, 1.82) is 0 Å². The third-order valence-electron chi connectivity index (χ3n) is 2.34. The average Bonchev–Trinajstić information content (AvgIpc) is 2.22. The van der Waals surface area contributed by atoms with E-state index in [1.165, 1.54) is 26.2 Å². The van der Waals surface area contributed by atoms with E-state index in [1.54, 1.807) is 0 Å². The van der Waals surface area contributed by atoms with Crippen LogP contribution in [0.3, 0.4) is 0 Å². The fourth-order valence-electron chi connectivity index (χ4n) is 1.80. The van der Waals surface area contributed by atoms with E-state index < -0.39 is 0 Å². The van der Waals surface area contributed by atoms with E-state index in [4.69, 9.17) is 0 Å². The van der Waals surface area contributed by atoms with Gasteiger partial charge in [0.1, 0.15) is 0 Å². The molecule has 0 aliphatic carbocycles. The van der Waals surface area contributed by atoms with E-state index in [-0.39, 0.29) is 0 Å². The maximum Gasteiger partial charge on any atom is 0.0201 e. The predicted octanol–water partition coefficient (Wildman–Crippen LogP) is 0.488. The number of fused-ring (bicyclic) bond motifs is 1. The van der Waals surface area contributed by atoms with Gasteiger partial charge in [0.15, 0.2) is 0 Å². The molecule has 0 aromatic heterocycles. The third-order valence-corrected chi connectivity index (χ3v) is 3.13. The van der Waals surface area contributed by atoms with E-state index in [0.29, 0.717) is 0 Å². The zero-order valence-electron chi connectivity index (χ0n) is 5.31. The maximum absolute atomic E-state index is 3.41. The van der Waals surface area contributed by atoms with Crippen LogP contribution < -0.4 is 5.32 Å². The van der Waals surface area contributed by atoms with Crippen LogP contribution in [-0.4, -0.2) is 29.3 Å². The second kappa shape index (κ2) is 2.36. The summed E-state index contributed by atoms with van der Waals surface area (Å²) in [5.41, 5.74) is 0. The predicted molar refractivity (Wildman–Crippen MR) is 45.4 cm³/mol. The minimum atomic E-state index is 0.960. The van der Waals surface area contributed by atoms with Crippen molar-refractivity contribution in [1.82, 2.24) is 8.43 Å². The molecule has 0 amide bonds. The Morgan fingerprint density at radius 3 is 2.33 bits per heavy atom. The van der Waals surface area contributed by atoms with Gasteiger partial charge in [0.25, 0.3) is 0 Å². The highest BCUT2D eigenvalue weighted by atomic mass is 127. The second-order valence-corrected chi connectivity index (χ2v) is 4.37. The molecule has 2 aliphatic heterocycles. The lowest BCUT2D eigenvalue weighted by atomic mass is 10.0. The second-order valence-electron chi connectivity index (χ2n) is 3.01. The van der Waals surface area contributed by atoms with Crippen LogP contribution >= 0.6 is 22.9 Å². The molecule has 2 fully saturated rings. The lowest BCUT2D eigenvalue weighted by molar-refractivity contribution is 0.533. The van der Waals surface area contributed by atoms with E-state index >= 15 is 0 Å². The first-order valence-electron chi connectivity index (χ1n) is 3.47. The van der Waals surface area contributed by atoms with Crippen LogP contribution in [-0.2, 0) is 0 Å². The highest BCUT2D eigenvalue weighted by Crippen LogP contribution is 2.27. The molecule has 3 heteroatoms. The third kappa shape index (κ3) is 1.10. The van der Waals surface area contributed by atoms with Crippen LogP contribution in [0.15, 0.2) is 0 Å². The van der Waals surface area contributed by atoms with Crippen molar-refractivity contribution in [3.8, 4) is 0 Å². The van der Waals surface area contributed by atoms with Crippen molar-refractivity contribution in [2.75, 3.05) is 26.2 Å². The van der Waals surface area contributed by atoms with E-state index in [9.17, 15) is 0 Å². The van der Waals surface area contributed by atoms with Gasteiger partial charge < -0.3 is 5.32 Å². The molecular formula is C6H11IN2. The molecule has 0 bridgehead atoms. The van der Waals surface area contributed by atoms with Gasteiger partial charge in [-0.3, -0.25) is 0 Å². The van der Waals surface area contributed by atoms with Gasteiger partial charge in [-0.05, 0) is 24.9 Å². The summed E-state index contributed by atoms with van der Waals surface area (Å²) in [4.78, 5) is 0. The molecule has 1 N–H and O–H groups in total. The molecule has 2 saturated heterocycles. The zero-order valence-corrected chi connectivity index (χ0v) is 7.47. The fraction of sp³-hybridized carbons (Fsp3) is 1.00. The van der Waals surface area contributed by atoms with Crippen molar-refractivity contribution in [2.45, 2.75) is 0 Å². The molecule has 2 rings (SSSR count). The Morgan fingerprint density at radius 2 is 1.78 bits per heavy atom. The van der Waals surface area contributed by atoms with Crippen molar-refractivity contribution in [3.05, 3.63) is 0 Å². The van der Waals surface area contributed by atoms with E-state index in [1.807, 2.05) is 0 Å². The van der Waals surface area contributed by atoms with Crippen LogP contribution in [0.25, 0.3) is 0 Å². The summed E-state index contributed by atoms with van der Waals surface area (Å²) in [7, 11) is 0. The number of halogens is 1. The Labute approximate surface area is 69.5 Å². The molecule has 9 heavy (non-hydrogen) atoms. The van der Waals surface area contributed by atoms with Gasteiger partial charge in [-0.25, -0.2) is 3.11 Å². The lowest BCUT2D eigenvalue weighted by Gasteiger charge is -2.04. The lowest BCUT2D eigenvalue weighted by Crippen LogP contribution is -2.17. The number of nitrogens with one attached hydrogen (secondary N) is 1. The monoisotopic (exact) mass is 238 g/mol. The molecule has 2 nitrogen and oxygen atoms in total. The molecule has 0 spiro atoms. The van der Waals surface area contributed by atoms with Gasteiger partial charge in [-0.15, -0.1) is 0 Å². The number of nitrogens with zero attached hydrogens (tertiary/aromatic N) is 1. The Kier molecular flexibility index (Phi) is 1.67. The molecule has 0 unspecified atom stereocenters. The van der Waals surface area contributed by atoms with Crippen LogP contribution in [0.5, 0.6) is 0 Å². The minimum Gasteiger partial charge on any atom is -0.316 e. The highest BCUT2D eigenvalue weighted by molar-refractivity contribution is 14.1. The summed E-state index contributed by atoms with van der Waals surface area (Å²) in [6, 6.07) is 0. The van der Waals surface area contributed by atoms with Crippen LogP contribution in [0.2, 0.25) is 0 Å². The Bertz CT molecular complexity index is 106. The molecule has 0 saturated carbocycles. The smallest absolute Gasteiger partial charge is 0.0201 e. The fourth-order valence-corrected chi connectivity index (χ4v) is 2.81. The molecule has 0 radical (unpaired) electrons. The largest absolute Gasteiger partial charge is 0.316 e. The zero-order chi connectivity index (χ0) is 6.27. The minimum absolute atomic E-state index is 0.960. The molecule has 2 aliphatic rings. The summed E-state index contributed by atoms with van der Waals surface area (Å²) < 4.78 is 2.41. The van der Waals surface area contributed by atoms with Gasteiger partial charge in [-0.2, -0.15) is 0 Å². The molecule has 2 heterocycles. The maximum atomic E-state index is 3.41. The molecule has 0 aromatic rings. The molecule has 0 aromatic carbocycles. The average molecular weight is 238 g/mol. The number of hydrogen-bond acceptors (Lipinski definition) is 2. The standard InChI is InChI=1S/C6H11IN2/c7-9-3-5-1-8-2-6(5)4-9/h5-6,8H,1-4H2/t5-,6+. The van der Waals surface area contributed by atoms with Crippen molar-refractivity contribution < 1.29 is 0 Å².